The molecular formula is C37H58N2P2. The van der Waals surface area contributed by atoms with Gasteiger partial charge in [-0.2, -0.15) is 0 Å². The van der Waals surface area contributed by atoms with Crippen molar-refractivity contribution in [1.82, 2.24) is 9.97 Å². The summed E-state index contributed by atoms with van der Waals surface area (Å²) in [6.07, 6.45) is 26.8. The SMILES string of the molecule is CC1CCC(P(c2ccccn2)C(C)(C)CC(C)(C)P(c2ccccn2)C2(C3CCCCCCCC3)CCCC2)C1. The molecule has 0 saturated heterocycles. The molecule has 0 N–H and O–H groups in total. The predicted octanol–water partition coefficient (Wildman–Crippen LogP) is 10.6. The first-order valence-corrected chi connectivity index (χ1v) is 19.9. The average molecular weight is 593 g/mol. The first-order chi connectivity index (χ1) is 19.7. The third-order valence-electron chi connectivity index (χ3n) is 11.0. The van der Waals surface area contributed by atoms with E-state index in [-0.39, 0.29) is 18.2 Å². The van der Waals surface area contributed by atoms with Gasteiger partial charge in [-0.05, 0) is 118 Å². The molecule has 41 heavy (non-hydrogen) atoms. The molecule has 0 spiro atoms. The van der Waals surface area contributed by atoms with Crippen molar-refractivity contribution in [2.75, 3.05) is 0 Å². The fourth-order valence-electron chi connectivity index (χ4n) is 9.72. The zero-order valence-corrected chi connectivity index (χ0v) is 28.7. The van der Waals surface area contributed by atoms with E-state index in [1.165, 1.54) is 114 Å². The van der Waals surface area contributed by atoms with Gasteiger partial charge in [0.25, 0.3) is 0 Å². The molecule has 3 aliphatic rings. The Kier molecular flexibility index (Phi) is 10.7. The van der Waals surface area contributed by atoms with Crippen molar-refractivity contribution < 1.29 is 0 Å². The van der Waals surface area contributed by atoms with Crippen LogP contribution >= 0.6 is 15.8 Å². The molecular weight excluding hydrogens is 534 g/mol. The Morgan fingerprint density at radius 1 is 0.707 bits per heavy atom. The van der Waals surface area contributed by atoms with Crippen molar-refractivity contribution in [3.63, 3.8) is 0 Å². The minimum atomic E-state index is -0.437. The highest BCUT2D eigenvalue weighted by atomic mass is 31.1. The first kappa shape index (κ1) is 31.6. The molecule has 3 aliphatic carbocycles. The van der Waals surface area contributed by atoms with E-state index in [1.807, 2.05) is 0 Å². The predicted molar refractivity (Wildman–Crippen MR) is 183 cm³/mol. The van der Waals surface area contributed by atoms with Crippen LogP contribution in [0.3, 0.4) is 0 Å². The Labute approximate surface area is 255 Å². The fourth-order valence-corrected chi connectivity index (χ4v) is 18.4. The lowest BCUT2D eigenvalue weighted by Crippen LogP contribution is -2.46. The molecule has 4 unspecified atom stereocenters. The summed E-state index contributed by atoms with van der Waals surface area (Å²) in [6.45, 7) is 13.1. The average Bonchev–Trinajstić information content (AvgIpc) is 3.61. The molecule has 5 rings (SSSR count). The van der Waals surface area contributed by atoms with E-state index in [1.54, 1.807) is 0 Å². The van der Waals surface area contributed by atoms with Crippen LogP contribution < -0.4 is 10.9 Å². The van der Waals surface area contributed by atoms with Gasteiger partial charge in [0.1, 0.15) is 0 Å². The normalized spacial score (nSPS) is 26.2. The molecule has 0 amide bonds. The van der Waals surface area contributed by atoms with E-state index in [4.69, 9.17) is 9.97 Å². The van der Waals surface area contributed by atoms with Crippen molar-refractivity contribution in [2.24, 2.45) is 11.8 Å². The van der Waals surface area contributed by atoms with Crippen LogP contribution in [0.1, 0.15) is 137 Å². The van der Waals surface area contributed by atoms with Gasteiger partial charge in [0, 0.05) is 12.4 Å². The molecule has 3 fully saturated rings. The number of aromatic nitrogens is 2. The summed E-state index contributed by atoms with van der Waals surface area (Å²) in [5.74, 6) is 1.72. The van der Waals surface area contributed by atoms with Crippen LogP contribution in [0.2, 0.25) is 0 Å². The number of rotatable bonds is 9. The largest absolute Gasteiger partial charge is 0.257 e. The smallest absolute Gasteiger partial charge is 0.0641 e. The number of nitrogens with zero attached hydrogens (tertiary/aromatic N) is 2. The van der Waals surface area contributed by atoms with Crippen molar-refractivity contribution >= 4 is 26.7 Å². The minimum absolute atomic E-state index is 0.218. The lowest BCUT2D eigenvalue weighted by Gasteiger charge is -2.54. The third kappa shape index (κ3) is 7.28. The fraction of sp³-hybridized carbons (Fsp3) is 0.730. The van der Waals surface area contributed by atoms with Gasteiger partial charge in [0.05, 0.1) is 10.9 Å². The highest BCUT2D eigenvalue weighted by Gasteiger charge is 2.54. The Balaban J connectivity index is 1.54. The second-order valence-corrected chi connectivity index (χ2v) is 21.5. The van der Waals surface area contributed by atoms with Crippen LogP contribution in [-0.2, 0) is 0 Å². The second-order valence-electron chi connectivity index (χ2n) is 15.2. The zero-order valence-electron chi connectivity index (χ0n) is 27.0. The highest BCUT2D eigenvalue weighted by Crippen LogP contribution is 2.71. The van der Waals surface area contributed by atoms with Crippen LogP contribution in [-0.4, -0.2) is 31.1 Å². The molecule has 0 radical (unpaired) electrons. The highest BCUT2D eigenvalue weighted by molar-refractivity contribution is 7.69. The molecule has 3 saturated carbocycles. The molecule has 226 valence electrons. The van der Waals surface area contributed by atoms with Gasteiger partial charge in [0.2, 0.25) is 0 Å². The van der Waals surface area contributed by atoms with Crippen LogP contribution in [0, 0.1) is 11.8 Å². The first-order valence-electron chi connectivity index (χ1n) is 17.1. The molecule has 4 atom stereocenters. The van der Waals surface area contributed by atoms with Gasteiger partial charge in [-0.15, -0.1) is 0 Å². The molecule has 2 aromatic heterocycles. The van der Waals surface area contributed by atoms with Gasteiger partial charge < -0.3 is 0 Å². The molecule has 0 bridgehead atoms. The summed E-state index contributed by atoms with van der Waals surface area (Å²) in [5.41, 5.74) is 3.65. The van der Waals surface area contributed by atoms with E-state index in [0.29, 0.717) is 5.16 Å². The summed E-state index contributed by atoms with van der Waals surface area (Å²) in [7, 11) is -0.797. The maximum absolute atomic E-state index is 5.23. The van der Waals surface area contributed by atoms with Crippen LogP contribution in [0.4, 0.5) is 0 Å². The van der Waals surface area contributed by atoms with Crippen LogP contribution in [0.25, 0.3) is 0 Å². The van der Waals surface area contributed by atoms with Crippen molar-refractivity contribution in [2.45, 2.75) is 158 Å². The van der Waals surface area contributed by atoms with E-state index in [0.717, 1.165) is 17.5 Å². The molecule has 2 nitrogen and oxygen atoms in total. The molecule has 2 aromatic rings. The molecule has 4 heteroatoms. The number of hydrogen-bond donors (Lipinski definition) is 0. The Bertz CT molecular complexity index is 1050. The van der Waals surface area contributed by atoms with Crippen molar-refractivity contribution in [3.8, 4) is 0 Å². The van der Waals surface area contributed by atoms with Crippen molar-refractivity contribution in [1.29, 1.82) is 0 Å². The summed E-state index contributed by atoms with van der Waals surface area (Å²) < 4.78 is 0. The monoisotopic (exact) mass is 592 g/mol. The summed E-state index contributed by atoms with van der Waals surface area (Å²) in [5, 5.41) is 0.897. The molecule has 0 aliphatic heterocycles. The maximum Gasteiger partial charge on any atom is 0.0641 e. The Morgan fingerprint density at radius 3 is 1.83 bits per heavy atom. The lowest BCUT2D eigenvalue weighted by molar-refractivity contribution is 0.312. The van der Waals surface area contributed by atoms with E-state index in [9.17, 15) is 0 Å². The molecule has 0 aromatic carbocycles. The van der Waals surface area contributed by atoms with Gasteiger partial charge in [-0.25, -0.2) is 0 Å². The quantitative estimate of drug-likeness (QED) is 0.271. The topological polar surface area (TPSA) is 25.8 Å². The zero-order chi connectivity index (χ0) is 28.9. The third-order valence-corrected chi connectivity index (χ3v) is 18.2. The van der Waals surface area contributed by atoms with Gasteiger partial charge in [-0.3, -0.25) is 9.97 Å². The second kappa shape index (κ2) is 13.9. The van der Waals surface area contributed by atoms with Gasteiger partial charge >= 0.3 is 0 Å². The standard InChI is InChI=1S/C37H58N2P2/c1-30-22-23-32(28-30)40(33-20-12-16-26-38-33)35(2,3)29-36(4,5)41(34-21-13-17-27-39-34)37(24-14-15-25-37)31-18-10-8-6-7-9-11-19-31/h12-13,16-17,20-21,26-27,30-32H,6-11,14-15,18-19,22-25,28-29H2,1-5H3. The molecule has 2 heterocycles. The van der Waals surface area contributed by atoms with Gasteiger partial charge in [-0.1, -0.05) is 105 Å². The van der Waals surface area contributed by atoms with Crippen molar-refractivity contribution in [3.05, 3.63) is 48.8 Å². The van der Waals surface area contributed by atoms with Crippen LogP contribution in [0.15, 0.2) is 48.8 Å². The Morgan fingerprint density at radius 2 is 1.29 bits per heavy atom. The van der Waals surface area contributed by atoms with Crippen LogP contribution in [0.5, 0.6) is 0 Å². The summed E-state index contributed by atoms with van der Waals surface area (Å²) in [4.78, 5) is 10.3. The van der Waals surface area contributed by atoms with E-state index >= 15 is 0 Å². The van der Waals surface area contributed by atoms with E-state index in [2.05, 4.69) is 83.4 Å². The number of pyridine rings is 2. The van der Waals surface area contributed by atoms with Gasteiger partial charge in [0.15, 0.2) is 0 Å². The van der Waals surface area contributed by atoms with E-state index < -0.39 is 7.92 Å². The maximum atomic E-state index is 5.23. The lowest BCUT2D eigenvalue weighted by atomic mass is 9.82. The Hall–Kier alpha value is -0.840. The number of hydrogen-bond acceptors (Lipinski definition) is 2. The summed E-state index contributed by atoms with van der Waals surface area (Å²) >= 11 is 0. The minimum Gasteiger partial charge on any atom is -0.257 e. The summed E-state index contributed by atoms with van der Waals surface area (Å²) in [6, 6.07) is 13.6.